The fourth-order valence-corrected chi connectivity index (χ4v) is 3.87. The monoisotopic (exact) mass is 389 g/mol. The normalized spacial score (nSPS) is 21.0. The number of aliphatic imine (C=N–C) groups is 1. The van der Waals surface area contributed by atoms with Crippen molar-refractivity contribution in [1.82, 2.24) is 15.5 Å². The molecule has 7 nitrogen and oxygen atoms in total. The molecule has 0 bridgehead atoms. The number of nitrogens with one attached hydrogen (secondary N) is 2. The van der Waals surface area contributed by atoms with E-state index in [0.717, 1.165) is 77.0 Å². The molecule has 1 atom stereocenters. The van der Waals surface area contributed by atoms with Gasteiger partial charge in [0, 0.05) is 45.8 Å². The van der Waals surface area contributed by atoms with Gasteiger partial charge in [-0.2, -0.15) is 0 Å². The van der Waals surface area contributed by atoms with Crippen LogP contribution >= 0.6 is 0 Å². The Morgan fingerprint density at radius 1 is 1.21 bits per heavy atom. The first-order valence-electron chi connectivity index (χ1n) is 10.5. The lowest BCUT2D eigenvalue weighted by molar-refractivity contribution is 0.0372. The third kappa shape index (κ3) is 6.01. The van der Waals surface area contributed by atoms with E-state index in [-0.39, 0.29) is 0 Å². The van der Waals surface area contributed by atoms with E-state index in [1.807, 2.05) is 19.2 Å². The van der Waals surface area contributed by atoms with Gasteiger partial charge >= 0.3 is 0 Å². The first-order valence-corrected chi connectivity index (χ1v) is 10.5. The second kappa shape index (κ2) is 11.1. The highest BCUT2D eigenvalue weighted by Crippen LogP contribution is 2.30. The molecule has 2 saturated heterocycles. The summed E-state index contributed by atoms with van der Waals surface area (Å²) in [6.45, 7) is 7.99. The summed E-state index contributed by atoms with van der Waals surface area (Å²) in [7, 11) is 3.57. The van der Waals surface area contributed by atoms with Crippen molar-refractivity contribution in [3.8, 4) is 5.75 Å². The summed E-state index contributed by atoms with van der Waals surface area (Å²) >= 11 is 0. The van der Waals surface area contributed by atoms with Crippen LogP contribution in [0.15, 0.2) is 29.3 Å². The second-order valence-electron chi connectivity index (χ2n) is 7.41. The van der Waals surface area contributed by atoms with E-state index in [1.165, 1.54) is 12.1 Å². The van der Waals surface area contributed by atoms with Gasteiger partial charge in [-0.3, -0.25) is 9.89 Å². The Balaban J connectivity index is 1.35. The van der Waals surface area contributed by atoms with Gasteiger partial charge in [0.05, 0.1) is 26.0 Å². The Kier molecular flexibility index (Phi) is 8.23. The molecule has 3 rings (SSSR count). The van der Waals surface area contributed by atoms with Crippen LogP contribution in [0.1, 0.15) is 19.3 Å². The molecule has 2 N–H and O–H groups in total. The van der Waals surface area contributed by atoms with Crippen LogP contribution in [0.25, 0.3) is 0 Å². The zero-order chi connectivity index (χ0) is 19.6. The number of anilines is 1. The summed E-state index contributed by atoms with van der Waals surface area (Å²) in [6, 6.07) is 8.62. The maximum absolute atomic E-state index is 5.51. The molecule has 0 aliphatic carbocycles. The van der Waals surface area contributed by atoms with E-state index in [1.54, 1.807) is 7.11 Å². The average molecular weight is 390 g/mol. The van der Waals surface area contributed by atoms with Gasteiger partial charge in [-0.05, 0) is 37.9 Å². The Morgan fingerprint density at radius 2 is 2.04 bits per heavy atom. The standard InChI is InChI=1S/C21H35N5O2/c1-22-21(23-10-5-6-11-25-13-15-28-16-14-25)24-18-9-12-26(17-18)19-7-3-4-8-20(19)27-2/h3-4,7-8,18H,5-6,9-17H2,1-2H3,(H2,22,23,24). The summed E-state index contributed by atoms with van der Waals surface area (Å²) < 4.78 is 10.9. The number of nitrogens with zero attached hydrogens (tertiary/aromatic N) is 3. The first kappa shape index (κ1) is 20.7. The van der Waals surface area contributed by atoms with Gasteiger partial charge in [-0.25, -0.2) is 0 Å². The van der Waals surface area contributed by atoms with Crippen molar-refractivity contribution in [2.45, 2.75) is 25.3 Å². The Morgan fingerprint density at radius 3 is 2.82 bits per heavy atom. The van der Waals surface area contributed by atoms with Crippen LogP contribution < -0.4 is 20.3 Å². The van der Waals surface area contributed by atoms with Crippen LogP contribution in [0.4, 0.5) is 5.69 Å². The van der Waals surface area contributed by atoms with E-state index < -0.39 is 0 Å². The number of hydrogen-bond acceptors (Lipinski definition) is 5. The molecule has 7 heteroatoms. The quantitative estimate of drug-likeness (QED) is 0.400. The van der Waals surface area contributed by atoms with Crippen LogP contribution in [0.2, 0.25) is 0 Å². The third-order valence-electron chi connectivity index (χ3n) is 5.48. The fourth-order valence-electron chi connectivity index (χ4n) is 3.87. The maximum atomic E-state index is 5.51. The van der Waals surface area contributed by atoms with Crippen molar-refractivity contribution in [2.24, 2.45) is 4.99 Å². The number of guanidine groups is 1. The Labute approximate surface area is 169 Å². The molecule has 2 heterocycles. The lowest BCUT2D eigenvalue weighted by Gasteiger charge is -2.26. The van der Waals surface area contributed by atoms with Crippen LogP contribution in [-0.4, -0.2) is 83.5 Å². The molecule has 1 aromatic rings. The minimum atomic E-state index is 0.393. The van der Waals surface area contributed by atoms with Crippen molar-refractivity contribution in [1.29, 1.82) is 0 Å². The zero-order valence-corrected chi connectivity index (χ0v) is 17.3. The van der Waals surface area contributed by atoms with Gasteiger partial charge in [-0.1, -0.05) is 12.1 Å². The van der Waals surface area contributed by atoms with E-state index in [4.69, 9.17) is 9.47 Å². The number of benzene rings is 1. The number of morpholine rings is 1. The Bertz CT molecular complexity index is 619. The molecule has 28 heavy (non-hydrogen) atoms. The summed E-state index contributed by atoms with van der Waals surface area (Å²) in [5, 5.41) is 7.04. The van der Waals surface area contributed by atoms with E-state index in [0.29, 0.717) is 6.04 Å². The highest BCUT2D eigenvalue weighted by atomic mass is 16.5. The molecule has 0 aromatic heterocycles. The summed E-state index contributed by atoms with van der Waals surface area (Å²) in [5.74, 6) is 1.84. The van der Waals surface area contributed by atoms with Crippen molar-refractivity contribution in [3.63, 3.8) is 0 Å². The van der Waals surface area contributed by atoms with Gasteiger partial charge in [-0.15, -0.1) is 0 Å². The van der Waals surface area contributed by atoms with Crippen LogP contribution in [0.3, 0.4) is 0 Å². The van der Waals surface area contributed by atoms with Gasteiger partial charge in [0.15, 0.2) is 5.96 Å². The van der Waals surface area contributed by atoms with Crippen LogP contribution in [0.5, 0.6) is 5.75 Å². The van der Waals surface area contributed by atoms with Gasteiger partial charge in [0.2, 0.25) is 0 Å². The Hall–Kier alpha value is -1.99. The number of ether oxygens (including phenoxy) is 2. The third-order valence-corrected chi connectivity index (χ3v) is 5.48. The molecule has 2 aliphatic rings. The van der Waals surface area contributed by atoms with Crippen molar-refractivity contribution < 1.29 is 9.47 Å². The zero-order valence-electron chi connectivity index (χ0n) is 17.3. The molecule has 2 aliphatic heterocycles. The molecule has 1 unspecified atom stereocenters. The number of rotatable bonds is 8. The van der Waals surface area contributed by atoms with Crippen molar-refractivity contribution in [2.75, 3.05) is 71.5 Å². The number of methoxy groups -OCH3 is 1. The molecule has 0 spiro atoms. The molecular weight excluding hydrogens is 354 g/mol. The second-order valence-corrected chi connectivity index (χ2v) is 7.41. The van der Waals surface area contributed by atoms with Gasteiger partial charge in [0.1, 0.15) is 5.75 Å². The lowest BCUT2D eigenvalue weighted by Crippen LogP contribution is -2.45. The SMILES string of the molecule is CN=C(NCCCCN1CCOCC1)NC1CCN(c2ccccc2OC)C1. The van der Waals surface area contributed by atoms with Crippen molar-refractivity contribution in [3.05, 3.63) is 24.3 Å². The molecule has 0 amide bonds. The van der Waals surface area contributed by atoms with E-state index in [2.05, 4.69) is 37.6 Å². The topological polar surface area (TPSA) is 61.4 Å². The molecule has 156 valence electrons. The molecular formula is C21H35N5O2. The molecule has 1 aromatic carbocycles. The predicted molar refractivity (Wildman–Crippen MR) is 115 cm³/mol. The maximum Gasteiger partial charge on any atom is 0.191 e. The fraction of sp³-hybridized carbons (Fsp3) is 0.667. The van der Waals surface area contributed by atoms with Gasteiger partial charge in [0.25, 0.3) is 0 Å². The first-order chi connectivity index (χ1) is 13.8. The largest absolute Gasteiger partial charge is 0.495 e. The smallest absolute Gasteiger partial charge is 0.191 e. The average Bonchev–Trinajstić information content (AvgIpc) is 3.21. The summed E-state index contributed by atoms with van der Waals surface area (Å²) in [4.78, 5) is 9.26. The molecule has 0 radical (unpaired) electrons. The van der Waals surface area contributed by atoms with Gasteiger partial charge < -0.3 is 25.0 Å². The highest BCUT2D eigenvalue weighted by Gasteiger charge is 2.25. The summed E-state index contributed by atoms with van der Waals surface area (Å²) in [6.07, 6.45) is 3.45. The van der Waals surface area contributed by atoms with Crippen molar-refractivity contribution >= 4 is 11.6 Å². The number of para-hydroxylation sites is 2. The number of hydrogen-bond donors (Lipinski definition) is 2. The molecule has 0 saturated carbocycles. The minimum absolute atomic E-state index is 0.393. The van der Waals surface area contributed by atoms with E-state index in [9.17, 15) is 0 Å². The van der Waals surface area contributed by atoms with Crippen LogP contribution in [0, 0.1) is 0 Å². The van der Waals surface area contributed by atoms with E-state index >= 15 is 0 Å². The molecule has 2 fully saturated rings. The lowest BCUT2D eigenvalue weighted by atomic mass is 10.2. The highest BCUT2D eigenvalue weighted by molar-refractivity contribution is 5.80. The number of unbranched alkanes of at least 4 members (excludes halogenated alkanes) is 1. The summed E-state index contributed by atoms with van der Waals surface area (Å²) in [5.41, 5.74) is 1.17. The minimum Gasteiger partial charge on any atom is -0.495 e. The predicted octanol–water partition coefficient (Wildman–Crippen LogP) is 1.55. The van der Waals surface area contributed by atoms with Crippen LogP contribution in [-0.2, 0) is 4.74 Å².